The quantitative estimate of drug-likeness (QED) is 0.210. The Hall–Kier alpha value is -2.30. The molecule has 0 aromatic heterocycles. The number of halogens is 1. The lowest BCUT2D eigenvalue weighted by Gasteiger charge is -2.41. The number of carbonyl (C=O) groups excluding carboxylic acids is 3. The molecule has 1 spiro atoms. The van der Waals surface area contributed by atoms with E-state index in [4.69, 9.17) is 4.74 Å². The van der Waals surface area contributed by atoms with Crippen LogP contribution in [0.3, 0.4) is 0 Å². The smallest absolute Gasteiger partial charge is 0.247 e. The molecule has 0 saturated carbocycles. The lowest BCUT2D eigenvalue weighted by molar-refractivity contribution is -0.146. The zero-order valence-electron chi connectivity index (χ0n) is 25.8. The van der Waals surface area contributed by atoms with Gasteiger partial charge in [-0.25, -0.2) is 0 Å². The normalized spacial score (nSPS) is 28.1. The summed E-state index contributed by atoms with van der Waals surface area (Å²) in [6.07, 6.45) is 5.76. The summed E-state index contributed by atoms with van der Waals surface area (Å²) in [6, 6.07) is 6.05. The van der Waals surface area contributed by atoms with Crippen LogP contribution in [-0.2, 0) is 14.4 Å². The second-order valence-electron chi connectivity index (χ2n) is 12.0. The number of benzene rings is 1. The molecule has 43 heavy (non-hydrogen) atoms. The van der Waals surface area contributed by atoms with Crippen molar-refractivity contribution in [2.24, 2.45) is 17.8 Å². The third-order valence-corrected chi connectivity index (χ3v) is 12.3. The number of aliphatic hydroxyl groups is 1. The number of aliphatic hydroxyl groups excluding tert-OH is 1. The highest BCUT2D eigenvalue weighted by Gasteiger charge is 2.76. The predicted octanol–water partition coefficient (Wildman–Crippen LogP) is 4.90. The lowest BCUT2D eigenvalue weighted by Crippen LogP contribution is -2.58. The highest BCUT2D eigenvalue weighted by atomic mass is 79.9. The Morgan fingerprint density at radius 3 is 2.42 bits per heavy atom. The van der Waals surface area contributed by atoms with E-state index in [1.807, 2.05) is 45.0 Å². The molecule has 3 fully saturated rings. The van der Waals surface area contributed by atoms with Gasteiger partial charge in [0.05, 0.1) is 35.8 Å². The SMILES string of the molecule is C=CCN(CCCC)C(=O)C1N([C@@H](CO)C(C)C)C(=O)[C@@H]2[C@@H](C(=O)N(CC=C)c3ccc(OCC)cc3)[C@@H]3SC12CC3Br. The van der Waals surface area contributed by atoms with Crippen LogP contribution in [0, 0.1) is 17.8 Å². The van der Waals surface area contributed by atoms with E-state index in [0.717, 1.165) is 12.8 Å². The third kappa shape index (κ3) is 6.03. The van der Waals surface area contributed by atoms with Crippen LogP contribution in [0.1, 0.15) is 47.0 Å². The molecule has 2 bridgehead atoms. The van der Waals surface area contributed by atoms with Crippen LogP contribution in [0.2, 0.25) is 0 Å². The number of unbranched alkanes of at least 4 members (excludes halogenated alkanes) is 1. The van der Waals surface area contributed by atoms with Gasteiger partial charge < -0.3 is 24.5 Å². The van der Waals surface area contributed by atoms with Gasteiger partial charge >= 0.3 is 0 Å². The number of ether oxygens (including phenoxy) is 1. The zero-order valence-corrected chi connectivity index (χ0v) is 28.2. The molecule has 1 N–H and O–H groups in total. The molecule has 3 saturated heterocycles. The number of likely N-dealkylation sites (tertiary alicyclic amines) is 1. The number of amides is 3. The topological polar surface area (TPSA) is 90.4 Å². The van der Waals surface area contributed by atoms with Crippen molar-refractivity contribution in [3.63, 3.8) is 0 Å². The Morgan fingerprint density at radius 1 is 1.19 bits per heavy atom. The minimum atomic E-state index is -0.792. The largest absolute Gasteiger partial charge is 0.494 e. The van der Waals surface area contributed by atoms with Gasteiger partial charge in [-0.3, -0.25) is 14.4 Å². The van der Waals surface area contributed by atoms with Crippen molar-refractivity contribution >= 4 is 51.1 Å². The van der Waals surface area contributed by atoms with Crippen molar-refractivity contribution in [1.82, 2.24) is 9.80 Å². The molecule has 7 atom stereocenters. The summed E-state index contributed by atoms with van der Waals surface area (Å²) in [6.45, 7) is 17.2. The number of hydrogen-bond acceptors (Lipinski definition) is 6. The first-order valence-electron chi connectivity index (χ1n) is 15.4. The van der Waals surface area contributed by atoms with Crippen LogP contribution in [0.4, 0.5) is 5.69 Å². The van der Waals surface area contributed by atoms with E-state index in [-0.39, 0.29) is 46.9 Å². The van der Waals surface area contributed by atoms with E-state index in [1.54, 1.807) is 38.6 Å². The molecule has 0 radical (unpaired) electrons. The highest BCUT2D eigenvalue weighted by molar-refractivity contribution is 9.09. The fourth-order valence-electron chi connectivity index (χ4n) is 7.10. The van der Waals surface area contributed by atoms with Crippen molar-refractivity contribution < 1.29 is 24.2 Å². The number of carbonyl (C=O) groups is 3. The maximum absolute atomic E-state index is 14.6. The Balaban J connectivity index is 1.80. The molecule has 8 nitrogen and oxygen atoms in total. The number of rotatable bonds is 15. The van der Waals surface area contributed by atoms with Gasteiger partial charge in [0.25, 0.3) is 0 Å². The minimum Gasteiger partial charge on any atom is -0.494 e. The van der Waals surface area contributed by atoms with Crippen molar-refractivity contribution in [2.75, 3.05) is 37.7 Å². The van der Waals surface area contributed by atoms with Crippen LogP contribution in [0.25, 0.3) is 0 Å². The van der Waals surface area contributed by atoms with Crippen LogP contribution < -0.4 is 9.64 Å². The average Bonchev–Trinajstić information content (AvgIpc) is 3.58. The molecule has 0 aliphatic carbocycles. The fraction of sp³-hybridized carbons (Fsp3) is 0.606. The Kier molecular flexibility index (Phi) is 11.1. The first-order valence-corrected chi connectivity index (χ1v) is 17.2. The van der Waals surface area contributed by atoms with Gasteiger partial charge in [0.15, 0.2) is 0 Å². The number of fused-ring (bicyclic) bond motifs is 1. The van der Waals surface area contributed by atoms with Gasteiger partial charge in [-0.2, -0.15) is 0 Å². The van der Waals surface area contributed by atoms with Crippen molar-refractivity contribution in [2.45, 2.75) is 73.9 Å². The maximum Gasteiger partial charge on any atom is 0.247 e. The van der Waals surface area contributed by atoms with E-state index in [9.17, 15) is 19.5 Å². The summed E-state index contributed by atoms with van der Waals surface area (Å²) in [5.74, 6) is -1.18. The standard InChI is InChI=1S/C33H46BrN3O5S/c1-7-11-18-35(16-8-2)32(41)29-33-19-24(34)28(43-33)26(27(33)31(40)37(29)25(20-38)21(5)6)30(39)36(17-9-3)22-12-14-23(15-13-22)42-10-4/h8-9,12-15,21,24-29,38H,2-3,7,10-11,16-20H2,1,4-6H3/t24?,25-,26+,27-,28+,29?,33?/m0/s1. The Labute approximate surface area is 269 Å². The Morgan fingerprint density at radius 2 is 1.86 bits per heavy atom. The Bertz CT molecular complexity index is 1200. The van der Waals surface area contributed by atoms with E-state index < -0.39 is 28.7 Å². The van der Waals surface area contributed by atoms with Crippen LogP contribution in [0.5, 0.6) is 5.75 Å². The monoisotopic (exact) mass is 675 g/mol. The van der Waals surface area contributed by atoms with Crippen LogP contribution in [-0.4, -0.2) is 92.4 Å². The third-order valence-electron chi connectivity index (χ3n) is 9.04. The van der Waals surface area contributed by atoms with Gasteiger partial charge in [-0.05, 0) is 49.9 Å². The lowest BCUT2D eigenvalue weighted by atomic mass is 9.70. The molecule has 236 valence electrons. The molecule has 3 amide bonds. The fourth-order valence-corrected chi connectivity index (χ4v) is 10.7. The molecule has 1 aromatic rings. The summed E-state index contributed by atoms with van der Waals surface area (Å²) in [5, 5.41) is 10.4. The van der Waals surface area contributed by atoms with Gasteiger partial charge in [0.2, 0.25) is 17.7 Å². The molecule has 1 aromatic carbocycles. The first-order chi connectivity index (χ1) is 20.6. The van der Waals surface area contributed by atoms with Gasteiger partial charge in [-0.1, -0.05) is 55.3 Å². The molecule has 3 aliphatic heterocycles. The molecule has 3 heterocycles. The zero-order chi connectivity index (χ0) is 31.5. The van der Waals surface area contributed by atoms with Gasteiger partial charge in [0.1, 0.15) is 11.8 Å². The van der Waals surface area contributed by atoms with Crippen molar-refractivity contribution in [3.8, 4) is 5.75 Å². The van der Waals surface area contributed by atoms with E-state index >= 15 is 0 Å². The summed E-state index contributed by atoms with van der Waals surface area (Å²) < 4.78 is 4.81. The second-order valence-corrected chi connectivity index (χ2v) is 14.7. The van der Waals surface area contributed by atoms with E-state index in [0.29, 0.717) is 37.6 Å². The average molecular weight is 677 g/mol. The van der Waals surface area contributed by atoms with Gasteiger partial charge in [0, 0.05) is 35.4 Å². The highest BCUT2D eigenvalue weighted by Crippen LogP contribution is 2.68. The molecular weight excluding hydrogens is 630 g/mol. The number of anilines is 1. The molecule has 4 rings (SSSR count). The van der Waals surface area contributed by atoms with Crippen LogP contribution in [0.15, 0.2) is 49.6 Å². The summed E-state index contributed by atoms with van der Waals surface area (Å²) in [5.41, 5.74) is 0.698. The first kappa shape index (κ1) is 33.6. The van der Waals surface area contributed by atoms with Crippen LogP contribution >= 0.6 is 27.7 Å². The van der Waals surface area contributed by atoms with E-state index in [1.165, 1.54) is 0 Å². The predicted molar refractivity (Wildman–Crippen MR) is 177 cm³/mol. The number of nitrogens with zero attached hydrogens (tertiary/aromatic N) is 3. The molecule has 3 aliphatic rings. The molecule has 10 heteroatoms. The van der Waals surface area contributed by atoms with Gasteiger partial charge in [-0.15, -0.1) is 24.9 Å². The second kappa shape index (κ2) is 14.2. The minimum absolute atomic E-state index is 0.0493. The van der Waals surface area contributed by atoms with Crippen molar-refractivity contribution in [1.29, 1.82) is 0 Å². The summed E-state index contributed by atoms with van der Waals surface area (Å²) in [4.78, 5) is 48.8. The summed E-state index contributed by atoms with van der Waals surface area (Å²) in [7, 11) is 0. The summed E-state index contributed by atoms with van der Waals surface area (Å²) >= 11 is 5.49. The van der Waals surface area contributed by atoms with E-state index in [2.05, 4.69) is 36.0 Å². The number of hydrogen-bond donors (Lipinski definition) is 1. The maximum atomic E-state index is 14.6. The van der Waals surface area contributed by atoms with Crippen molar-refractivity contribution in [3.05, 3.63) is 49.6 Å². The molecular formula is C33H46BrN3O5S. The number of thioether (sulfide) groups is 1. The number of alkyl halides is 1. The molecule has 3 unspecified atom stereocenters.